The van der Waals surface area contributed by atoms with Gasteiger partial charge in [-0.1, -0.05) is 45.4 Å². The zero-order valence-electron chi connectivity index (χ0n) is 13.6. The van der Waals surface area contributed by atoms with Gasteiger partial charge in [0.25, 0.3) is 0 Å². The number of Topliss-reactive ketones (excluding diaryl/α,β-unsaturated/α-hetero) is 1. The zero-order chi connectivity index (χ0) is 15.0. The van der Waals surface area contributed by atoms with Crippen LogP contribution in [0.2, 0.25) is 0 Å². The molecule has 1 saturated carbocycles. The van der Waals surface area contributed by atoms with Crippen LogP contribution in [0.15, 0.2) is 24.3 Å². The molecular weight excluding hydrogens is 258 g/mol. The molecule has 1 aliphatic heterocycles. The van der Waals surface area contributed by atoms with E-state index in [9.17, 15) is 4.79 Å². The molecule has 0 saturated heterocycles. The number of fused-ring (bicyclic) bond motifs is 1. The van der Waals surface area contributed by atoms with Crippen LogP contribution in [-0.4, -0.2) is 18.9 Å². The molecule has 114 valence electrons. The van der Waals surface area contributed by atoms with E-state index in [2.05, 4.69) is 49.9 Å². The van der Waals surface area contributed by atoms with E-state index < -0.39 is 0 Å². The van der Waals surface area contributed by atoms with Crippen molar-refractivity contribution in [3.63, 3.8) is 0 Å². The number of rotatable bonds is 2. The highest BCUT2D eigenvalue weighted by Crippen LogP contribution is 2.37. The first-order chi connectivity index (χ1) is 9.97. The van der Waals surface area contributed by atoms with Crippen molar-refractivity contribution in [2.75, 3.05) is 18.0 Å². The number of para-hydroxylation sites is 1. The third kappa shape index (κ3) is 2.86. The Balaban J connectivity index is 1.80. The second-order valence-corrected chi connectivity index (χ2v) is 7.68. The van der Waals surface area contributed by atoms with Gasteiger partial charge in [-0.3, -0.25) is 4.79 Å². The van der Waals surface area contributed by atoms with Gasteiger partial charge in [-0.05, 0) is 36.8 Å². The molecule has 2 unspecified atom stereocenters. The van der Waals surface area contributed by atoms with Crippen molar-refractivity contribution in [3.8, 4) is 0 Å². The van der Waals surface area contributed by atoms with E-state index in [4.69, 9.17) is 0 Å². The minimum Gasteiger partial charge on any atom is -0.370 e. The highest BCUT2D eigenvalue weighted by Gasteiger charge is 2.38. The molecule has 0 N–H and O–H groups in total. The van der Waals surface area contributed by atoms with Gasteiger partial charge >= 0.3 is 0 Å². The molecule has 3 rings (SSSR count). The van der Waals surface area contributed by atoms with E-state index in [1.54, 1.807) is 0 Å². The van der Waals surface area contributed by atoms with Crippen molar-refractivity contribution < 1.29 is 4.79 Å². The van der Waals surface area contributed by atoms with Crippen LogP contribution in [-0.2, 0) is 11.2 Å². The molecule has 1 heterocycles. The summed E-state index contributed by atoms with van der Waals surface area (Å²) < 4.78 is 0. The van der Waals surface area contributed by atoms with Crippen LogP contribution >= 0.6 is 0 Å². The van der Waals surface area contributed by atoms with Gasteiger partial charge < -0.3 is 4.90 Å². The summed E-state index contributed by atoms with van der Waals surface area (Å²) in [6, 6.07) is 8.71. The molecule has 21 heavy (non-hydrogen) atoms. The van der Waals surface area contributed by atoms with Crippen LogP contribution in [0.5, 0.6) is 0 Å². The summed E-state index contributed by atoms with van der Waals surface area (Å²) in [7, 11) is 0. The molecule has 1 aromatic carbocycles. The predicted octanol–water partition coefficient (Wildman–Crippen LogP) is 4.08. The molecule has 1 aromatic rings. The number of ketones is 1. The number of benzene rings is 1. The molecule has 0 aromatic heterocycles. The quantitative estimate of drug-likeness (QED) is 0.816. The van der Waals surface area contributed by atoms with Crippen LogP contribution in [0.3, 0.4) is 0 Å². The van der Waals surface area contributed by atoms with Gasteiger partial charge in [-0.15, -0.1) is 0 Å². The number of hydrogen-bond donors (Lipinski definition) is 0. The first-order valence-corrected chi connectivity index (χ1v) is 8.34. The van der Waals surface area contributed by atoms with Crippen molar-refractivity contribution in [2.45, 2.75) is 46.5 Å². The van der Waals surface area contributed by atoms with Gasteiger partial charge in [0, 0.05) is 30.1 Å². The second kappa shape index (κ2) is 5.47. The van der Waals surface area contributed by atoms with E-state index in [0.717, 1.165) is 32.4 Å². The largest absolute Gasteiger partial charge is 0.370 e. The Morgan fingerprint density at radius 1 is 1.29 bits per heavy atom. The Morgan fingerprint density at radius 2 is 2.05 bits per heavy atom. The average molecular weight is 285 g/mol. The van der Waals surface area contributed by atoms with Crippen molar-refractivity contribution in [3.05, 3.63) is 29.8 Å². The third-order valence-corrected chi connectivity index (χ3v) is 5.27. The third-order valence-electron chi connectivity index (χ3n) is 5.27. The topological polar surface area (TPSA) is 20.3 Å². The monoisotopic (exact) mass is 285 g/mol. The maximum absolute atomic E-state index is 12.7. The number of carbonyl (C=O) groups is 1. The highest BCUT2D eigenvalue weighted by atomic mass is 16.1. The maximum Gasteiger partial charge on any atom is 0.143 e. The number of nitrogens with zero attached hydrogens (tertiary/aromatic N) is 1. The van der Waals surface area contributed by atoms with E-state index >= 15 is 0 Å². The lowest BCUT2D eigenvalue weighted by Crippen LogP contribution is -2.44. The molecule has 1 aliphatic carbocycles. The molecule has 1 fully saturated rings. The predicted molar refractivity (Wildman–Crippen MR) is 87.7 cm³/mol. The molecule has 0 spiro atoms. The molecule has 0 amide bonds. The van der Waals surface area contributed by atoms with Gasteiger partial charge in [-0.2, -0.15) is 0 Å². The fourth-order valence-corrected chi connectivity index (χ4v) is 4.12. The first-order valence-electron chi connectivity index (χ1n) is 8.34. The Labute approximate surface area is 128 Å². The minimum atomic E-state index is -0.121. The van der Waals surface area contributed by atoms with Gasteiger partial charge in [0.2, 0.25) is 0 Å². The van der Waals surface area contributed by atoms with Crippen molar-refractivity contribution in [2.24, 2.45) is 17.3 Å². The van der Waals surface area contributed by atoms with Crippen molar-refractivity contribution in [1.82, 2.24) is 0 Å². The standard InChI is InChI=1S/C19H27NO/c1-14-11-15-7-4-5-9-17(15)20(12-14)13-16-8-6-10-19(2,3)18(16)21/h4-5,7,9,14,16H,6,8,10-13H2,1-3H3. The van der Waals surface area contributed by atoms with Crippen LogP contribution in [0.25, 0.3) is 0 Å². The fraction of sp³-hybridized carbons (Fsp3) is 0.632. The van der Waals surface area contributed by atoms with Gasteiger partial charge in [-0.25, -0.2) is 0 Å². The fourth-order valence-electron chi connectivity index (χ4n) is 4.12. The smallest absolute Gasteiger partial charge is 0.143 e. The van der Waals surface area contributed by atoms with Crippen LogP contribution in [0.4, 0.5) is 5.69 Å². The lowest BCUT2D eigenvalue weighted by molar-refractivity contribution is -0.133. The van der Waals surface area contributed by atoms with Crippen molar-refractivity contribution >= 4 is 11.5 Å². The van der Waals surface area contributed by atoms with E-state index in [0.29, 0.717) is 11.7 Å². The van der Waals surface area contributed by atoms with Gasteiger partial charge in [0.05, 0.1) is 0 Å². The number of carbonyl (C=O) groups excluding carboxylic acids is 1. The minimum absolute atomic E-state index is 0.121. The summed E-state index contributed by atoms with van der Waals surface area (Å²) >= 11 is 0. The SMILES string of the molecule is CC1Cc2ccccc2N(CC2CCCC(C)(C)C2=O)C1. The number of hydrogen-bond acceptors (Lipinski definition) is 2. The second-order valence-electron chi connectivity index (χ2n) is 7.68. The van der Waals surface area contributed by atoms with Crippen LogP contribution in [0.1, 0.15) is 45.6 Å². The van der Waals surface area contributed by atoms with E-state index in [1.165, 1.54) is 17.7 Å². The van der Waals surface area contributed by atoms with Gasteiger partial charge in [0.1, 0.15) is 5.78 Å². The Kier molecular flexibility index (Phi) is 3.81. The Bertz CT molecular complexity index is 534. The zero-order valence-corrected chi connectivity index (χ0v) is 13.6. The Hall–Kier alpha value is -1.31. The molecule has 0 radical (unpaired) electrons. The summed E-state index contributed by atoms with van der Waals surface area (Å²) in [5.41, 5.74) is 2.68. The molecular formula is C19H27NO. The average Bonchev–Trinajstić information content (AvgIpc) is 2.43. The molecule has 2 atom stereocenters. The first kappa shape index (κ1) is 14.6. The van der Waals surface area contributed by atoms with Crippen LogP contribution in [0, 0.1) is 17.3 Å². The van der Waals surface area contributed by atoms with E-state index in [1.807, 2.05) is 0 Å². The molecule has 2 heteroatoms. The summed E-state index contributed by atoms with van der Waals surface area (Å²) in [6.45, 7) is 8.54. The van der Waals surface area contributed by atoms with Crippen molar-refractivity contribution in [1.29, 1.82) is 0 Å². The summed E-state index contributed by atoms with van der Waals surface area (Å²) in [4.78, 5) is 15.2. The van der Waals surface area contributed by atoms with Gasteiger partial charge in [0.15, 0.2) is 0 Å². The normalized spacial score (nSPS) is 28.3. The summed E-state index contributed by atoms with van der Waals surface area (Å²) in [6.07, 6.45) is 4.47. The lowest BCUT2D eigenvalue weighted by atomic mass is 9.70. The molecule has 2 nitrogen and oxygen atoms in total. The van der Waals surface area contributed by atoms with E-state index in [-0.39, 0.29) is 11.3 Å². The Morgan fingerprint density at radius 3 is 2.86 bits per heavy atom. The lowest BCUT2D eigenvalue weighted by Gasteiger charge is -2.40. The van der Waals surface area contributed by atoms with Crippen LogP contribution < -0.4 is 4.90 Å². The summed E-state index contributed by atoms with van der Waals surface area (Å²) in [5, 5.41) is 0. The molecule has 2 aliphatic rings. The number of anilines is 1. The summed E-state index contributed by atoms with van der Waals surface area (Å²) in [5.74, 6) is 1.36. The molecule has 0 bridgehead atoms. The maximum atomic E-state index is 12.7. The highest BCUT2D eigenvalue weighted by molar-refractivity contribution is 5.87.